The Kier molecular flexibility index (Phi) is 7.46. The van der Waals surface area contributed by atoms with Crippen molar-refractivity contribution in [3.63, 3.8) is 0 Å². The Morgan fingerprint density at radius 1 is 1.36 bits per heavy atom. The summed E-state index contributed by atoms with van der Waals surface area (Å²) in [4.78, 5) is 60.2. The van der Waals surface area contributed by atoms with Crippen LogP contribution in [0.3, 0.4) is 0 Å². The van der Waals surface area contributed by atoms with Crippen LogP contribution < -0.4 is 15.8 Å². The number of ether oxygens (including phenoxy) is 1. The van der Waals surface area contributed by atoms with E-state index in [4.69, 9.17) is 21.9 Å². The van der Waals surface area contributed by atoms with Crippen molar-refractivity contribution >= 4 is 63.6 Å². The number of hydrogen-bond donors (Lipinski definition) is 1. The Hall–Kier alpha value is -3.25. The number of nitrogens with zero attached hydrogens (tertiary/aromatic N) is 4. The Morgan fingerprint density at radius 2 is 2.11 bits per heavy atom. The highest BCUT2D eigenvalue weighted by atomic mass is 32.2. The van der Waals surface area contributed by atoms with Crippen molar-refractivity contribution in [2.75, 3.05) is 24.6 Å². The van der Waals surface area contributed by atoms with E-state index in [1.165, 1.54) is 15.4 Å². The minimum atomic E-state index is -0.923. The first kappa shape index (κ1) is 25.8. The quantitative estimate of drug-likeness (QED) is 0.340. The molecule has 1 unspecified atom stereocenters. The molecule has 4 rings (SSSR count). The van der Waals surface area contributed by atoms with Gasteiger partial charge in [0.1, 0.15) is 21.8 Å². The number of carbonyl (C=O) groups is 3. The number of aryl methyl sites for hydroxylation is 1. The molecule has 2 aliphatic rings. The van der Waals surface area contributed by atoms with Crippen LogP contribution in [0.1, 0.15) is 38.3 Å². The molecule has 2 aliphatic heterocycles. The van der Waals surface area contributed by atoms with Crippen molar-refractivity contribution in [2.24, 2.45) is 0 Å². The molecule has 12 heteroatoms. The van der Waals surface area contributed by atoms with Gasteiger partial charge in [-0.2, -0.15) is 0 Å². The van der Waals surface area contributed by atoms with Crippen molar-refractivity contribution in [3.05, 3.63) is 44.7 Å². The van der Waals surface area contributed by atoms with Gasteiger partial charge >= 0.3 is 5.97 Å². The number of rotatable bonds is 6. The molecule has 1 N–H and O–H groups in total. The van der Waals surface area contributed by atoms with E-state index in [2.05, 4.69) is 5.32 Å². The van der Waals surface area contributed by atoms with Crippen LogP contribution in [-0.4, -0.2) is 68.2 Å². The summed E-state index contributed by atoms with van der Waals surface area (Å²) in [5.41, 5.74) is 0.933. The first-order chi connectivity index (χ1) is 17.1. The molecule has 2 aromatic heterocycles. The van der Waals surface area contributed by atoms with E-state index in [0.717, 1.165) is 17.3 Å². The molecule has 2 saturated heterocycles. The number of piperazine rings is 1. The van der Waals surface area contributed by atoms with Crippen LogP contribution in [0.15, 0.2) is 28.0 Å². The highest BCUT2D eigenvalue weighted by molar-refractivity contribution is 8.26. The number of carbonyl (C=O) groups excluding carboxylic acids is 3. The zero-order chi connectivity index (χ0) is 26.1. The monoisotopic (exact) mass is 529 g/mol. The van der Waals surface area contributed by atoms with Crippen LogP contribution in [0.25, 0.3) is 11.7 Å². The van der Waals surface area contributed by atoms with Crippen LogP contribution in [0.5, 0.6) is 0 Å². The van der Waals surface area contributed by atoms with E-state index in [1.807, 2.05) is 26.8 Å². The summed E-state index contributed by atoms with van der Waals surface area (Å²) >= 11 is 6.51. The second-order valence-electron chi connectivity index (χ2n) is 8.69. The first-order valence-electron chi connectivity index (χ1n) is 11.6. The summed E-state index contributed by atoms with van der Waals surface area (Å²) in [7, 11) is 0. The van der Waals surface area contributed by atoms with Gasteiger partial charge in [-0.15, -0.1) is 0 Å². The molecule has 2 fully saturated rings. The molecule has 1 atom stereocenters. The van der Waals surface area contributed by atoms with E-state index in [1.54, 1.807) is 24.1 Å². The maximum absolute atomic E-state index is 13.7. The van der Waals surface area contributed by atoms with E-state index in [9.17, 15) is 19.2 Å². The summed E-state index contributed by atoms with van der Waals surface area (Å²) in [6.07, 6.45) is 2.90. The lowest BCUT2D eigenvalue weighted by Gasteiger charge is -2.36. The number of amides is 2. The van der Waals surface area contributed by atoms with Gasteiger partial charge in [-0.1, -0.05) is 30.0 Å². The smallest absolute Gasteiger partial charge is 0.308 e. The largest absolute Gasteiger partial charge is 0.466 e. The van der Waals surface area contributed by atoms with Crippen LogP contribution in [0.4, 0.5) is 5.82 Å². The number of nitrogens with one attached hydrogen (secondary N) is 1. The second kappa shape index (κ2) is 10.4. The third-order valence-electron chi connectivity index (χ3n) is 5.95. The average molecular weight is 530 g/mol. The van der Waals surface area contributed by atoms with Gasteiger partial charge in [0.05, 0.1) is 23.5 Å². The molecule has 4 heterocycles. The standard InChI is InChI=1S/C24H27N5O5S2/c1-5-34-18(30)12-16-21(31)25-8-10-27(16)20-15(11-17-23(33)29(13(2)3)24(35)36-17)22(32)28-9-6-7-14(4)19(28)26-20/h6-7,9,11,13,16H,5,8,10,12H2,1-4H3,(H,25,31). The molecule has 0 spiro atoms. The Balaban J connectivity index is 1.91. The number of thioether (sulfide) groups is 1. The Labute approximate surface area is 217 Å². The molecule has 0 radical (unpaired) electrons. The number of fused-ring (bicyclic) bond motifs is 1. The van der Waals surface area contributed by atoms with Crippen molar-refractivity contribution < 1.29 is 19.1 Å². The molecule has 0 aliphatic carbocycles. The Bertz CT molecular complexity index is 1350. The third kappa shape index (κ3) is 4.74. The number of esters is 1. The lowest BCUT2D eigenvalue weighted by Crippen LogP contribution is -2.57. The van der Waals surface area contributed by atoms with E-state index >= 15 is 0 Å². The number of anilines is 1. The topological polar surface area (TPSA) is 113 Å². The van der Waals surface area contributed by atoms with E-state index in [0.29, 0.717) is 28.0 Å². The SMILES string of the molecule is CCOC(=O)CC1C(=O)NCCN1c1nc2c(C)cccn2c(=O)c1C=C1SC(=S)N(C(C)C)C1=O. The van der Waals surface area contributed by atoms with Crippen molar-refractivity contribution in [2.45, 2.75) is 46.2 Å². The van der Waals surface area contributed by atoms with Crippen molar-refractivity contribution in [1.29, 1.82) is 0 Å². The number of aromatic nitrogens is 2. The minimum absolute atomic E-state index is 0.138. The van der Waals surface area contributed by atoms with Crippen molar-refractivity contribution in [1.82, 2.24) is 19.6 Å². The lowest BCUT2D eigenvalue weighted by atomic mass is 10.1. The van der Waals surface area contributed by atoms with Crippen molar-refractivity contribution in [3.8, 4) is 0 Å². The highest BCUT2D eigenvalue weighted by Gasteiger charge is 2.37. The van der Waals surface area contributed by atoms with Gasteiger partial charge in [0.25, 0.3) is 11.5 Å². The first-order valence-corrected chi connectivity index (χ1v) is 12.9. The maximum atomic E-state index is 13.7. The van der Waals surface area contributed by atoms with Gasteiger partial charge < -0.3 is 15.0 Å². The molecule has 2 aromatic rings. The number of thiocarbonyl (C=S) groups is 1. The van der Waals surface area contributed by atoms with Gasteiger partial charge in [0, 0.05) is 25.3 Å². The molecular weight excluding hydrogens is 502 g/mol. The van der Waals surface area contributed by atoms with Gasteiger partial charge in [-0.3, -0.25) is 28.5 Å². The number of pyridine rings is 1. The summed E-state index contributed by atoms with van der Waals surface area (Å²) in [6.45, 7) is 8.06. The zero-order valence-corrected chi connectivity index (χ0v) is 22.1. The van der Waals surface area contributed by atoms with Gasteiger partial charge in [0.2, 0.25) is 5.91 Å². The van der Waals surface area contributed by atoms with Crippen LogP contribution in [0.2, 0.25) is 0 Å². The van der Waals surface area contributed by atoms with Crippen LogP contribution in [-0.2, 0) is 19.1 Å². The van der Waals surface area contributed by atoms with E-state index < -0.39 is 17.6 Å². The lowest BCUT2D eigenvalue weighted by molar-refractivity contribution is -0.145. The fraction of sp³-hybridized carbons (Fsp3) is 0.417. The van der Waals surface area contributed by atoms with Gasteiger partial charge in [-0.05, 0) is 45.4 Å². The molecular formula is C24H27N5O5S2. The molecule has 0 aromatic carbocycles. The average Bonchev–Trinajstić information content (AvgIpc) is 3.10. The predicted molar refractivity (Wildman–Crippen MR) is 142 cm³/mol. The molecule has 36 heavy (non-hydrogen) atoms. The Morgan fingerprint density at radius 3 is 2.78 bits per heavy atom. The normalized spacial score (nSPS) is 19.5. The minimum Gasteiger partial charge on any atom is -0.466 e. The summed E-state index contributed by atoms with van der Waals surface area (Å²) in [5.74, 6) is -0.955. The molecule has 190 valence electrons. The molecule has 10 nitrogen and oxygen atoms in total. The summed E-state index contributed by atoms with van der Waals surface area (Å²) < 4.78 is 6.90. The fourth-order valence-corrected chi connectivity index (χ4v) is 5.76. The highest BCUT2D eigenvalue weighted by Crippen LogP contribution is 2.35. The fourth-order valence-electron chi connectivity index (χ4n) is 4.25. The van der Waals surface area contributed by atoms with Gasteiger partial charge in [-0.25, -0.2) is 4.98 Å². The maximum Gasteiger partial charge on any atom is 0.308 e. The predicted octanol–water partition coefficient (Wildman–Crippen LogP) is 1.87. The van der Waals surface area contributed by atoms with Crippen LogP contribution in [0, 0.1) is 6.92 Å². The zero-order valence-electron chi connectivity index (χ0n) is 20.4. The molecule has 0 bridgehead atoms. The third-order valence-corrected chi connectivity index (χ3v) is 7.28. The molecule has 0 saturated carbocycles. The molecule has 2 amide bonds. The summed E-state index contributed by atoms with van der Waals surface area (Å²) in [6, 6.07) is 2.51. The summed E-state index contributed by atoms with van der Waals surface area (Å²) in [5, 5.41) is 2.77. The number of hydrogen-bond acceptors (Lipinski definition) is 9. The van der Waals surface area contributed by atoms with E-state index in [-0.39, 0.29) is 42.3 Å². The van der Waals surface area contributed by atoms with Gasteiger partial charge in [0.15, 0.2) is 0 Å². The second-order valence-corrected chi connectivity index (χ2v) is 10.4. The van der Waals surface area contributed by atoms with Crippen LogP contribution >= 0.6 is 24.0 Å².